The van der Waals surface area contributed by atoms with Gasteiger partial charge in [-0.25, -0.2) is 4.79 Å². The van der Waals surface area contributed by atoms with Crippen molar-refractivity contribution in [1.82, 2.24) is 0 Å². The van der Waals surface area contributed by atoms with E-state index in [4.69, 9.17) is 5.11 Å². The number of carboxylic acids is 1. The summed E-state index contributed by atoms with van der Waals surface area (Å²) in [5, 5.41) is 20.4. The summed E-state index contributed by atoms with van der Waals surface area (Å²) in [7, 11) is 0. The molecule has 4 heteroatoms. The van der Waals surface area contributed by atoms with Crippen LogP contribution in [0.15, 0.2) is 18.2 Å². The molecule has 0 saturated heterocycles. The first kappa shape index (κ1) is 24.5. The molecule has 0 fully saturated rings. The second-order valence-corrected chi connectivity index (χ2v) is 6.77. The first-order chi connectivity index (χ1) is 11.6. The van der Waals surface area contributed by atoms with E-state index >= 15 is 0 Å². The Bertz CT molecular complexity index is 474. The minimum Gasteiger partial charge on any atom is -0.872 e. The van der Waals surface area contributed by atoms with Crippen LogP contribution in [-0.4, -0.2) is 11.1 Å². The maximum absolute atomic E-state index is 11.4. The van der Waals surface area contributed by atoms with Crippen molar-refractivity contribution in [2.75, 3.05) is 0 Å². The van der Waals surface area contributed by atoms with Crippen LogP contribution in [0.4, 0.5) is 0 Å². The minimum absolute atomic E-state index is 0. The molecule has 0 aliphatic rings. The van der Waals surface area contributed by atoms with E-state index in [9.17, 15) is 9.90 Å². The third-order valence-corrected chi connectivity index (χ3v) is 4.59. The van der Waals surface area contributed by atoms with Gasteiger partial charge in [0, 0.05) is 0 Å². The Labute approximate surface area is 175 Å². The van der Waals surface area contributed by atoms with Crippen LogP contribution >= 0.6 is 0 Å². The molecule has 0 aromatic heterocycles. The van der Waals surface area contributed by atoms with E-state index in [1.54, 1.807) is 6.07 Å². The van der Waals surface area contributed by atoms with Crippen molar-refractivity contribution < 1.29 is 44.6 Å². The standard InChI is InChI=1S/C21H34O3.Na/c1-2-3-4-5-6-7-8-9-10-11-12-13-14-18-15-16-20(22)19(17-18)21(23)24;/h15-17,22H,2-14H2,1H3,(H,23,24);/q;+1/p-1. The summed E-state index contributed by atoms with van der Waals surface area (Å²) in [5.41, 5.74) is 0.852. The smallest absolute Gasteiger partial charge is 0.872 e. The molecule has 3 nitrogen and oxygen atoms in total. The molecular weight excluding hydrogens is 323 g/mol. The fourth-order valence-corrected chi connectivity index (χ4v) is 3.07. The molecule has 1 rings (SSSR count). The summed E-state index contributed by atoms with van der Waals surface area (Å²) in [5.74, 6) is -1.53. The Morgan fingerprint density at radius 3 is 1.84 bits per heavy atom. The first-order valence-electron chi connectivity index (χ1n) is 9.68. The quantitative estimate of drug-likeness (QED) is 0.412. The zero-order valence-corrected chi connectivity index (χ0v) is 18.2. The Hall–Kier alpha value is -0.510. The molecule has 0 heterocycles. The van der Waals surface area contributed by atoms with E-state index in [1.165, 1.54) is 82.8 Å². The van der Waals surface area contributed by atoms with Crippen molar-refractivity contribution in [2.24, 2.45) is 0 Å². The number of aromatic carboxylic acids is 1. The van der Waals surface area contributed by atoms with Gasteiger partial charge in [0.1, 0.15) is 0 Å². The molecule has 0 spiro atoms. The molecule has 0 amide bonds. The van der Waals surface area contributed by atoms with E-state index in [1.807, 2.05) is 0 Å². The van der Waals surface area contributed by atoms with Crippen LogP contribution < -0.4 is 34.7 Å². The molecule has 0 saturated carbocycles. The van der Waals surface area contributed by atoms with E-state index < -0.39 is 11.7 Å². The Morgan fingerprint density at radius 1 is 0.880 bits per heavy atom. The predicted molar refractivity (Wildman–Crippen MR) is 97.6 cm³/mol. The first-order valence-corrected chi connectivity index (χ1v) is 9.68. The van der Waals surface area contributed by atoms with Gasteiger partial charge in [-0.2, -0.15) is 0 Å². The fraction of sp³-hybridized carbons (Fsp3) is 0.667. The maximum Gasteiger partial charge on any atom is 1.00 e. The summed E-state index contributed by atoms with van der Waals surface area (Å²) in [6.07, 6.45) is 16.6. The SMILES string of the molecule is CCCCCCCCCCCCCCc1ccc([O-])c(C(=O)O)c1.[Na+]. The van der Waals surface area contributed by atoms with Crippen molar-refractivity contribution in [2.45, 2.75) is 90.4 Å². The van der Waals surface area contributed by atoms with Crippen LogP contribution in [0.2, 0.25) is 0 Å². The molecule has 1 aromatic carbocycles. The van der Waals surface area contributed by atoms with E-state index in [2.05, 4.69) is 6.92 Å². The van der Waals surface area contributed by atoms with Gasteiger partial charge in [-0.15, -0.1) is 0 Å². The molecule has 0 bridgehead atoms. The summed E-state index contributed by atoms with van der Waals surface area (Å²) in [6, 6.07) is 4.66. The van der Waals surface area contributed by atoms with Crippen LogP contribution in [0.3, 0.4) is 0 Å². The van der Waals surface area contributed by atoms with E-state index in [0.29, 0.717) is 0 Å². The van der Waals surface area contributed by atoms with Gasteiger partial charge < -0.3 is 10.2 Å². The molecule has 0 unspecified atom stereocenters. The third-order valence-electron chi connectivity index (χ3n) is 4.59. The van der Waals surface area contributed by atoms with Crippen LogP contribution in [0.5, 0.6) is 5.75 Å². The van der Waals surface area contributed by atoms with Crippen LogP contribution in [-0.2, 0) is 6.42 Å². The Balaban J connectivity index is 0.00000576. The number of aryl methyl sites for hydroxylation is 1. The summed E-state index contributed by atoms with van der Waals surface area (Å²) >= 11 is 0. The molecule has 0 aliphatic heterocycles. The molecule has 25 heavy (non-hydrogen) atoms. The van der Waals surface area contributed by atoms with E-state index in [0.717, 1.165) is 18.4 Å². The molecule has 0 atom stereocenters. The van der Waals surface area contributed by atoms with Gasteiger partial charge in [0.2, 0.25) is 0 Å². The Morgan fingerprint density at radius 2 is 1.36 bits per heavy atom. The predicted octanol–water partition coefficient (Wildman–Crippen LogP) is 2.71. The third kappa shape index (κ3) is 11.7. The molecule has 0 aliphatic carbocycles. The van der Waals surface area contributed by atoms with Crippen LogP contribution in [0.25, 0.3) is 0 Å². The zero-order chi connectivity index (χ0) is 17.6. The van der Waals surface area contributed by atoms with Gasteiger partial charge in [-0.1, -0.05) is 95.4 Å². The summed E-state index contributed by atoms with van der Waals surface area (Å²) in [6.45, 7) is 2.25. The average Bonchev–Trinajstić information content (AvgIpc) is 2.57. The minimum atomic E-state index is -1.13. The van der Waals surface area contributed by atoms with Gasteiger partial charge in [-0.05, 0) is 24.5 Å². The van der Waals surface area contributed by atoms with Gasteiger partial charge in [0.25, 0.3) is 0 Å². The van der Waals surface area contributed by atoms with Gasteiger partial charge in [0.15, 0.2) is 0 Å². The molecule has 1 N–H and O–H groups in total. The van der Waals surface area contributed by atoms with Crippen molar-refractivity contribution in [1.29, 1.82) is 0 Å². The molecule has 0 radical (unpaired) electrons. The summed E-state index contributed by atoms with van der Waals surface area (Å²) < 4.78 is 0. The maximum atomic E-state index is 11.4. The normalized spacial score (nSPS) is 10.4. The number of hydrogen-bond donors (Lipinski definition) is 1. The van der Waals surface area contributed by atoms with Crippen LogP contribution in [0, 0.1) is 0 Å². The molecular formula is C21H33NaO3. The number of carboxylic acid groups (broad SMARTS) is 1. The molecule has 136 valence electrons. The van der Waals surface area contributed by atoms with Gasteiger partial charge in [-0.3, -0.25) is 0 Å². The zero-order valence-electron chi connectivity index (χ0n) is 16.2. The largest absolute Gasteiger partial charge is 1.00 e. The monoisotopic (exact) mass is 356 g/mol. The number of rotatable bonds is 14. The topological polar surface area (TPSA) is 60.4 Å². The van der Waals surface area contributed by atoms with Crippen molar-refractivity contribution in [3.63, 3.8) is 0 Å². The van der Waals surface area contributed by atoms with Crippen molar-refractivity contribution in [3.05, 3.63) is 29.3 Å². The van der Waals surface area contributed by atoms with Gasteiger partial charge >= 0.3 is 35.5 Å². The Kier molecular flexibility index (Phi) is 15.4. The van der Waals surface area contributed by atoms with Crippen LogP contribution in [0.1, 0.15) is 99.9 Å². The second-order valence-electron chi connectivity index (χ2n) is 6.77. The van der Waals surface area contributed by atoms with Crippen molar-refractivity contribution >= 4 is 5.97 Å². The number of carbonyl (C=O) groups is 1. The number of hydrogen-bond acceptors (Lipinski definition) is 2. The molecule has 1 aromatic rings. The number of unbranched alkanes of at least 4 members (excludes halogenated alkanes) is 11. The fourth-order valence-electron chi connectivity index (χ4n) is 3.07. The van der Waals surface area contributed by atoms with Gasteiger partial charge in [0.05, 0.1) is 5.56 Å². The summed E-state index contributed by atoms with van der Waals surface area (Å²) in [4.78, 5) is 10.9. The van der Waals surface area contributed by atoms with E-state index in [-0.39, 0.29) is 35.1 Å². The number of benzene rings is 1. The second kappa shape index (κ2) is 15.7. The van der Waals surface area contributed by atoms with Crippen molar-refractivity contribution in [3.8, 4) is 5.75 Å². The average molecular weight is 356 g/mol.